The first kappa shape index (κ1) is 17.9. The minimum Gasteiger partial charge on any atom is -0.385 e. The molecule has 0 atom stereocenters. The maximum absolute atomic E-state index is 12.7. The van der Waals surface area contributed by atoms with Gasteiger partial charge in [-0.25, -0.2) is 0 Å². The van der Waals surface area contributed by atoms with E-state index in [4.69, 9.17) is 4.74 Å². The van der Waals surface area contributed by atoms with Gasteiger partial charge < -0.3 is 14.5 Å². The standard InChI is InChI=1S/C18H29N3O2/c1-20-13-8-17(9-14-20)21(12-3-15-23-2)18(22)5-4-16-6-10-19-11-7-16/h6-7,10-11,17H,3-5,8-9,12-15H2,1-2H3. The molecule has 2 rings (SSSR count). The molecule has 1 aliphatic heterocycles. The molecule has 2 heterocycles. The fourth-order valence-electron chi connectivity index (χ4n) is 3.14. The number of methoxy groups -OCH3 is 1. The van der Waals surface area contributed by atoms with Crippen LogP contribution in [0.15, 0.2) is 24.5 Å². The van der Waals surface area contributed by atoms with Gasteiger partial charge in [-0.15, -0.1) is 0 Å². The highest BCUT2D eigenvalue weighted by atomic mass is 16.5. The van der Waals surface area contributed by atoms with Crippen molar-refractivity contribution in [1.29, 1.82) is 0 Å². The number of nitrogens with zero attached hydrogens (tertiary/aromatic N) is 3. The zero-order valence-electron chi connectivity index (χ0n) is 14.4. The topological polar surface area (TPSA) is 45.7 Å². The predicted octanol–water partition coefficient (Wildman–Crippen LogP) is 1.97. The molecule has 0 bridgehead atoms. The lowest BCUT2D eigenvalue weighted by atomic mass is 10.0. The van der Waals surface area contributed by atoms with Crippen LogP contribution in [0.4, 0.5) is 0 Å². The molecule has 1 aromatic heterocycles. The van der Waals surface area contributed by atoms with Crippen LogP contribution in [0.1, 0.15) is 31.2 Å². The van der Waals surface area contributed by atoms with Crippen LogP contribution in [0.2, 0.25) is 0 Å². The van der Waals surface area contributed by atoms with E-state index in [9.17, 15) is 4.79 Å². The second kappa shape index (κ2) is 9.63. The SMILES string of the molecule is COCCCN(C(=O)CCc1ccncc1)C1CCN(C)CC1. The quantitative estimate of drug-likeness (QED) is 0.687. The molecule has 0 aromatic carbocycles. The number of rotatable bonds is 8. The lowest BCUT2D eigenvalue weighted by Crippen LogP contribution is -2.47. The van der Waals surface area contributed by atoms with Crippen molar-refractivity contribution in [2.75, 3.05) is 40.4 Å². The second-order valence-corrected chi connectivity index (χ2v) is 6.32. The molecule has 5 heteroatoms. The Morgan fingerprint density at radius 1 is 1.35 bits per heavy atom. The van der Waals surface area contributed by atoms with Crippen molar-refractivity contribution in [3.8, 4) is 0 Å². The number of carbonyl (C=O) groups is 1. The fraction of sp³-hybridized carbons (Fsp3) is 0.667. The number of carbonyl (C=O) groups excluding carboxylic acids is 1. The summed E-state index contributed by atoms with van der Waals surface area (Å²) in [4.78, 5) is 21.2. The van der Waals surface area contributed by atoms with Crippen LogP contribution in [-0.2, 0) is 16.0 Å². The third-order valence-corrected chi connectivity index (χ3v) is 4.57. The van der Waals surface area contributed by atoms with Gasteiger partial charge in [0.2, 0.25) is 5.91 Å². The summed E-state index contributed by atoms with van der Waals surface area (Å²) in [5, 5.41) is 0. The van der Waals surface area contributed by atoms with Crippen LogP contribution in [-0.4, -0.2) is 67.1 Å². The van der Waals surface area contributed by atoms with Crippen LogP contribution < -0.4 is 0 Å². The van der Waals surface area contributed by atoms with E-state index >= 15 is 0 Å². The van der Waals surface area contributed by atoms with Gasteiger partial charge >= 0.3 is 0 Å². The largest absolute Gasteiger partial charge is 0.385 e. The zero-order valence-corrected chi connectivity index (χ0v) is 14.4. The van der Waals surface area contributed by atoms with E-state index in [1.54, 1.807) is 19.5 Å². The summed E-state index contributed by atoms with van der Waals surface area (Å²) in [6.45, 7) is 3.66. The normalized spacial score (nSPS) is 16.4. The van der Waals surface area contributed by atoms with E-state index in [0.717, 1.165) is 45.3 Å². The van der Waals surface area contributed by atoms with Crippen LogP contribution in [0.3, 0.4) is 0 Å². The smallest absolute Gasteiger partial charge is 0.223 e. The first-order valence-corrected chi connectivity index (χ1v) is 8.56. The van der Waals surface area contributed by atoms with Crippen molar-refractivity contribution in [3.05, 3.63) is 30.1 Å². The number of aryl methyl sites for hydroxylation is 1. The highest BCUT2D eigenvalue weighted by Gasteiger charge is 2.26. The van der Waals surface area contributed by atoms with Crippen molar-refractivity contribution in [2.45, 2.75) is 38.1 Å². The molecule has 0 N–H and O–H groups in total. The van der Waals surface area contributed by atoms with Crippen LogP contribution in [0.5, 0.6) is 0 Å². The average Bonchev–Trinajstić information content (AvgIpc) is 2.59. The third-order valence-electron chi connectivity index (χ3n) is 4.57. The number of amides is 1. The van der Waals surface area contributed by atoms with Crippen LogP contribution in [0.25, 0.3) is 0 Å². The molecule has 0 radical (unpaired) electrons. The van der Waals surface area contributed by atoms with Crippen LogP contribution >= 0.6 is 0 Å². The first-order chi connectivity index (χ1) is 11.2. The fourth-order valence-corrected chi connectivity index (χ4v) is 3.14. The van der Waals surface area contributed by atoms with E-state index in [-0.39, 0.29) is 5.91 Å². The van der Waals surface area contributed by atoms with Crippen molar-refractivity contribution >= 4 is 5.91 Å². The molecule has 1 aromatic rings. The Kier molecular flexibility index (Phi) is 7.49. The number of pyridine rings is 1. The van der Waals surface area contributed by atoms with Gasteiger partial charge in [0, 0.05) is 45.1 Å². The number of likely N-dealkylation sites (tertiary alicyclic amines) is 1. The minimum absolute atomic E-state index is 0.271. The van der Waals surface area contributed by atoms with E-state index < -0.39 is 0 Å². The summed E-state index contributed by atoms with van der Waals surface area (Å²) in [7, 11) is 3.86. The Labute approximate surface area is 139 Å². The van der Waals surface area contributed by atoms with Gasteiger partial charge in [-0.1, -0.05) is 0 Å². The lowest BCUT2D eigenvalue weighted by molar-refractivity contribution is -0.134. The molecule has 1 amide bonds. The lowest BCUT2D eigenvalue weighted by Gasteiger charge is -2.37. The number of hydrogen-bond acceptors (Lipinski definition) is 4. The predicted molar refractivity (Wildman–Crippen MR) is 91.3 cm³/mol. The van der Waals surface area contributed by atoms with Crippen LogP contribution in [0, 0.1) is 0 Å². The molecule has 0 aliphatic carbocycles. The van der Waals surface area contributed by atoms with Gasteiger partial charge in [0.05, 0.1) is 0 Å². The monoisotopic (exact) mass is 319 g/mol. The molecular formula is C18H29N3O2. The van der Waals surface area contributed by atoms with E-state index in [1.165, 1.54) is 5.56 Å². The summed E-state index contributed by atoms with van der Waals surface area (Å²) in [5.74, 6) is 0.271. The Hall–Kier alpha value is -1.46. The van der Waals surface area contributed by atoms with E-state index in [2.05, 4.69) is 21.8 Å². The number of aromatic nitrogens is 1. The van der Waals surface area contributed by atoms with Gasteiger partial charge in [-0.3, -0.25) is 9.78 Å². The summed E-state index contributed by atoms with van der Waals surface area (Å²) in [6, 6.07) is 4.35. The number of piperidine rings is 1. The molecule has 1 aliphatic rings. The van der Waals surface area contributed by atoms with Gasteiger partial charge in [0.1, 0.15) is 0 Å². The first-order valence-electron chi connectivity index (χ1n) is 8.56. The van der Waals surface area contributed by atoms with Gasteiger partial charge in [-0.05, 0) is 63.5 Å². The Morgan fingerprint density at radius 2 is 2.04 bits per heavy atom. The molecule has 1 fully saturated rings. The Morgan fingerprint density at radius 3 is 2.70 bits per heavy atom. The minimum atomic E-state index is 0.271. The molecule has 23 heavy (non-hydrogen) atoms. The molecule has 0 spiro atoms. The number of hydrogen-bond donors (Lipinski definition) is 0. The van der Waals surface area contributed by atoms with Gasteiger partial charge in [0.25, 0.3) is 0 Å². The van der Waals surface area contributed by atoms with E-state index in [1.807, 2.05) is 12.1 Å². The maximum Gasteiger partial charge on any atom is 0.223 e. The second-order valence-electron chi connectivity index (χ2n) is 6.32. The summed E-state index contributed by atoms with van der Waals surface area (Å²) in [5.41, 5.74) is 1.17. The summed E-state index contributed by atoms with van der Waals surface area (Å²) >= 11 is 0. The molecule has 1 saturated heterocycles. The molecule has 0 saturated carbocycles. The van der Waals surface area contributed by atoms with Gasteiger partial charge in [-0.2, -0.15) is 0 Å². The van der Waals surface area contributed by atoms with Crippen molar-refractivity contribution in [3.63, 3.8) is 0 Å². The van der Waals surface area contributed by atoms with Gasteiger partial charge in [0.15, 0.2) is 0 Å². The van der Waals surface area contributed by atoms with Crippen molar-refractivity contribution < 1.29 is 9.53 Å². The van der Waals surface area contributed by atoms with Crippen molar-refractivity contribution in [2.24, 2.45) is 0 Å². The zero-order chi connectivity index (χ0) is 16.5. The Bertz CT molecular complexity index is 459. The van der Waals surface area contributed by atoms with Crippen molar-refractivity contribution in [1.82, 2.24) is 14.8 Å². The third kappa shape index (κ3) is 5.92. The molecular weight excluding hydrogens is 290 g/mol. The Balaban J connectivity index is 1.90. The molecule has 128 valence electrons. The molecule has 5 nitrogen and oxygen atoms in total. The number of ether oxygens (including phenoxy) is 1. The molecule has 0 unspecified atom stereocenters. The maximum atomic E-state index is 12.7. The summed E-state index contributed by atoms with van der Waals surface area (Å²) < 4.78 is 5.15. The average molecular weight is 319 g/mol. The highest BCUT2D eigenvalue weighted by molar-refractivity contribution is 5.76. The highest BCUT2D eigenvalue weighted by Crippen LogP contribution is 2.18. The van der Waals surface area contributed by atoms with E-state index in [0.29, 0.717) is 19.1 Å². The summed E-state index contributed by atoms with van der Waals surface area (Å²) in [6.07, 6.45) is 7.98.